The summed E-state index contributed by atoms with van der Waals surface area (Å²) in [5.74, 6) is 2.11. The number of hydrogen-bond donors (Lipinski definition) is 1. The zero-order valence-electron chi connectivity index (χ0n) is 11.2. The largest absolute Gasteiger partial charge is 0.494 e. The number of nitrogens with zero attached hydrogens (tertiary/aromatic N) is 1. The van der Waals surface area contributed by atoms with E-state index in [2.05, 4.69) is 34.3 Å². The fourth-order valence-corrected chi connectivity index (χ4v) is 4.33. The third-order valence-electron chi connectivity index (χ3n) is 3.79. The van der Waals surface area contributed by atoms with Crippen LogP contribution in [0.25, 0.3) is 11.0 Å². The van der Waals surface area contributed by atoms with Crippen molar-refractivity contribution in [2.75, 3.05) is 12.9 Å². The number of H-pyrrole nitrogens is 1. The lowest BCUT2D eigenvalue weighted by Crippen LogP contribution is -2.23. The van der Waals surface area contributed by atoms with Crippen LogP contribution in [0, 0.1) is 4.77 Å². The van der Waals surface area contributed by atoms with E-state index < -0.39 is 0 Å². The van der Waals surface area contributed by atoms with Gasteiger partial charge in [-0.25, -0.2) is 0 Å². The van der Waals surface area contributed by atoms with E-state index in [0.717, 1.165) is 28.1 Å². The molecule has 0 bridgehead atoms. The zero-order chi connectivity index (χ0) is 13.5. The van der Waals surface area contributed by atoms with Crippen LogP contribution in [0.3, 0.4) is 0 Å². The molecule has 1 N–H and O–H groups in total. The van der Waals surface area contributed by atoms with Crippen molar-refractivity contribution in [2.24, 2.45) is 0 Å². The number of aromatic nitrogens is 2. The molecule has 2 aromatic rings. The lowest BCUT2D eigenvalue weighted by atomic mass is 10.1. The Morgan fingerprint density at radius 3 is 3.05 bits per heavy atom. The summed E-state index contributed by atoms with van der Waals surface area (Å²) >= 11 is 7.55. The number of para-hydroxylation sites is 1. The molecule has 0 saturated carbocycles. The summed E-state index contributed by atoms with van der Waals surface area (Å²) in [4.78, 5) is 3.28. The molecule has 0 amide bonds. The SMILES string of the molecule is COc1cccc2c1[nH]c(=S)n2CC1(C)CCCS1. The second kappa shape index (κ2) is 4.87. The van der Waals surface area contributed by atoms with Gasteiger partial charge in [-0.2, -0.15) is 11.8 Å². The van der Waals surface area contributed by atoms with E-state index in [1.54, 1.807) is 7.11 Å². The van der Waals surface area contributed by atoms with E-state index >= 15 is 0 Å². The standard InChI is InChI=1S/C14H18N2OS2/c1-14(7-4-8-19-14)9-16-10-5-3-6-11(17-2)12(10)15-13(16)18/h3,5-6H,4,7-9H2,1-2H3,(H,15,18). The summed E-state index contributed by atoms with van der Waals surface area (Å²) in [5, 5.41) is 0. The summed E-state index contributed by atoms with van der Waals surface area (Å²) in [6, 6.07) is 6.08. The molecule has 0 radical (unpaired) electrons. The number of aromatic amines is 1. The molecule has 1 aliphatic heterocycles. The molecule has 1 aromatic heterocycles. The highest BCUT2D eigenvalue weighted by molar-refractivity contribution is 8.00. The Balaban J connectivity index is 2.08. The number of benzene rings is 1. The highest BCUT2D eigenvalue weighted by Gasteiger charge is 2.30. The molecule has 1 saturated heterocycles. The third-order valence-corrected chi connectivity index (χ3v) is 5.63. The first-order valence-corrected chi connectivity index (χ1v) is 7.92. The lowest BCUT2D eigenvalue weighted by Gasteiger charge is -2.23. The minimum absolute atomic E-state index is 0.302. The van der Waals surface area contributed by atoms with Crippen LogP contribution in [0.15, 0.2) is 18.2 Å². The number of imidazole rings is 1. The molecule has 19 heavy (non-hydrogen) atoms. The van der Waals surface area contributed by atoms with Crippen molar-refractivity contribution >= 4 is 35.0 Å². The smallest absolute Gasteiger partial charge is 0.178 e. The summed E-state index contributed by atoms with van der Waals surface area (Å²) in [6.45, 7) is 3.30. The maximum Gasteiger partial charge on any atom is 0.178 e. The summed E-state index contributed by atoms with van der Waals surface area (Å²) in [5.41, 5.74) is 2.14. The van der Waals surface area contributed by atoms with Crippen LogP contribution in [0.5, 0.6) is 5.75 Å². The van der Waals surface area contributed by atoms with Crippen molar-refractivity contribution in [1.29, 1.82) is 0 Å². The number of rotatable bonds is 3. The number of thioether (sulfide) groups is 1. The highest BCUT2D eigenvalue weighted by Crippen LogP contribution is 2.40. The van der Waals surface area contributed by atoms with Gasteiger partial charge in [0.2, 0.25) is 0 Å². The molecule has 0 spiro atoms. The molecule has 1 aliphatic rings. The van der Waals surface area contributed by atoms with Gasteiger partial charge >= 0.3 is 0 Å². The van der Waals surface area contributed by atoms with Crippen LogP contribution in [-0.2, 0) is 6.54 Å². The minimum atomic E-state index is 0.302. The minimum Gasteiger partial charge on any atom is -0.494 e. The predicted octanol–water partition coefficient (Wildman–Crippen LogP) is 3.99. The first-order chi connectivity index (χ1) is 9.13. The molecule has 1 atom stereocenters. The molecule has 1 aromatic carbocycles. The first kappa shape index (κ1) is 13.1. The van der Waals surface area contributed by atoms with Crippen LogP contribution in [0.2, 0.25) is 0 Å². The molecular formula is C14H18N2OS2. The molecule has 0 aliphatic carbocycles. The highest BCUT2D eigenvalue weighted by atomic mass is 32.2. The van der Waals surface area contributed by atoms with Crippen molar-refractivity contribution in [3.8, 4) is 5.75 Å². The van der Waals surface area contributed by atoms with Gasteiger partial charge in [0.05, 0.1) is 12.6 Å². The Morgan fingerprint density at radius 2 is 2.37 bits per heavy atom. The third kappa shape index (κ3) is 2.30. The number of nitrogens with one attached hydrogen (secondary N) is 1. The molecule has 5 heteroatoms. The summed E-state index contributed by atoms with van der Waals surface area (Å²) in [7, 11) is 1.69. The Morgan fingerprint density at radius 1 is 1.53 bits per heavy atom. The van der Waals surface area contributed by atoms with E-state index in [-0.39, 0.29) is 0 Å². The van der Waals surface area contributed by atoms with E-state index in [1.807, 2.05) is 12.1 Å². The van der Waals surface area contributed by atoms with Crippen molar-refractivity contribution in [1.82, 2.24) is 9.55 Å². The van der Waals surface area contributed by atoms with Crippen molar-refractivity contribution < 1.29 is 4.74 Å². The molecule has 1 fully saturated rings. The fourth-order valence-electron chi connectivity index (χ4n) is 2.78. The molecule has 2 heterocycles. The van der Waals surface area contributed by atoms with Crippen LogP contribution in [0.4, 0.5) is 0 Å². The summed E-state index contributed by atoms with van der Waals surface area (Å²) < 4.78 is 8.70. The second-order valence-corrected chi connectivity index (χ2v) is 7.34. The van der Waals surface area contributed by atoms with Gasteiger partial charge in [-0.1, -0.05) is 6.07 Å². The number of fused-ring (bicyclic) bond motifs is 1. The molecule has 102 valence electrons. The fraction of sp³-hybridized carbons (Fsp3) is 0.500. The molecular weight excluding hydrogens is 276 g/mol. The Hall–Kier alpha value is -0.940. The van der Waals surface area contributed by atoms with Crippen molar-refractivity contribution in [3.05, 3.63) is 23.0 Å². The van der Waals surface area contributed by atoms with Gasteiger partial charge in [0.15, 0.2) is 4.77 Å². The normalized spacial score (nSPS) is 23.1. The van der Waals surface area contributed by atoms with Gasteiger partial charge < -0.3 is 14.3 Å². The number of ether oxygens (including phenoxy) is 1. The second-order valence-electron chi connectivity index (χ2n) is 5.27. The lowest BCUT2D eigenvalue weighted by molar-refractivity contribution is 0.419. The van der Waals surface area contributed by atoms with Gasteiger partial charge in [-0.05, 0) is 49.9 Å². The Kier molecular flexibility index (Phi) is 3.35. The van der Waals surface area contributed by atoms with Crippen LogP contribution in [-0.4, -0.2) is 27.2 Å². The van der Waals surface area contributed by atoms with Gasteiger partial charge in [0.25, 0.3) is 0 Å². The van der Waals surface area contributed by atoms with Gasteiger partial charge in [0, 0.05) is 11.3 Å². The van der Waals surface area contributed by atoms with E-state index in [1.165, 1.54) is 18.6 Å². The topological polar surface area (TPSA) is 29.9 Å². The molecule has 1 unspecified atom stereocenters. The van der Waals surface area contributed by atoms with Crippen LogP contribution in [0.1, 0.15) is 19.8 Å². The quantitative estimate of drug-likeness (QED) is 0.868. The van der Waals surface area contributed by atoms with Crippen LogP contribution < -0.4 is 4.74 Å². The predicted molar refractivity (Wildman–Crippen MR) is 83.8 cm³/mol. The molecule has 3 nitrogen and oxygen atoms in total. The van der Waals surface area contributed by atoms with Crippen molar-refractivity contribution in [2.45, 2.75) is 31.1 Å². The monoisotopic (exact) mass is 294 g/mol. The maximum absolute atomic E-state index is 5.49. The average molecular weight is 294 g/mol. The Bertz CT molecular complexity index is 653. The van der Waals surface area contributed by atoms with E-state index in [0.29, 0.717) is 4.75 Å². The number of methoxy groups -OCH3 is 1. The zero-order valence-corrected chi connectivity index (χ0v) is 12.9. The summed E-state index contributed by atoms with van der Waals surface area (Å²) in [6.07, 6.45) is 2.57. The average Bonchev–Trinajstić information content (AvgIpc) is 2.95. The van der Waals surface area contributed by atoms with Gasteiger partial charge in [-0.15, -0.1) is 0 Å². The molecule has 3 rings (SSSR count). The van der Waals surface area contributed by atoms with E-state index in [4.69, 9.17) is 17.0 Å². The van der Waals surface area contributed by atoms with Crippen LogP contribution >= 0.6 is 24.0 Å². The van der Waals surface area contributed by atoms with Gasteiger partial charge in [0.1, 0.15) is 11.3 Å². The van der Waals surface area contributed by atoms with E-state index in [9.17, 15) is 0 Å². The number of hydrogen-bond acceptors (Lipinski definition) is 3. The maximum atomic E-state index is 5.49. The first-order valence-electron chi connectivity index (χ1n) is 6.52. The Labute approximate surface area is 122 Å². The van der Waals surface area contributed by atoms with Gasteiger partial charge in [-0.3, -0.25) is 0 Å². The van der Waals surface area contributed by atoms with Crippen molar-refractivity contribution in [3.63, 3.8) is 0 Å².